The van der Waals surface area contributed by atoms with Crippen LogP contribution in [0.15, 0.2) is 53.1 Å². The van der Waals surface area contributed by atoms with Gasteiger partial charge in [0.05, 0.1) is 24.1 Å². The van der Waals surface area contributed by atoms with Crippen LogP contribution >= 0.6 is 11.8 Å². The van der Waals surface area contributed by atoms with Crippen LogP contribution in [0, 0.1) is 11.6 Å². The Morgan fingerprint density at radius 3 is 2.50 bits per heavy atom. The topological polar surface area (TPSA) is 92.5 Å². The van der Waals surface area contributed by atoms with Crippen LogP contribution in [0.1, 0.15) is 17.9 Å². The Hall–Kier alpha value is -3.53. The maximum atomic E-state index is 13.9. The SMILES string of the molecule is O=C(CCc1ncc(-c2c(F)cccc2F)o1)Nc1ccc(CN2C(=O)CSC2=O)cc1. The summed E-state index contributed by atoms with van der Waals surface area (Å²) < 4.78 is 33.1. The molecular weight excluding hydrogens is 440 g/mol. The number of carbonyl (C=O) groups excluding carboxylic acids is 3. The maximum absolute atomic E-state index is 13.9. The average molecular weight is 457 g/mol. The first-order chi connectivity index (χ1) is 15.4. The third-order valence-electron chi connectivity index (χ3n) is 4.75. The molecule has 3 aromatic rings. The molecule has 1 saturated heterocycles. The quantitative estimate of drug-likeness (QED) is 0.566. The van der Waals surface area contributed by atoms with Gasteiger partial charge >= 0.3 is 0 Å². The summed E-state index contributed by atoms with van der Waals surface area (Å²) in [5, 5.41) is 2.46. The summed E-state index contributed by atoms with van der Waals surface area (Å²) in [6.45, 7) is 0.188. The Kier molecular flexibility index (Phi) is 6.31. The van der Waals surface area contributed by atoms with Gasteiger partial charge in [-0.3, -0.25) is 19.3 Å². The van der Waals surface area contributed by atoms with Gasteiger partial charge in [-0.15, -0.1) is 0 Å². The molecule has 0 radical (unpaired) electrons. The van der Waals surface area contributed by atoms with E-state index in [1.54, 1.807) is 24.3 Å². The van der Waals surface area contributed by atoms with Crippen molar-refractivity contribution in [2.45, 2.75) is 19.4 Å². The first kappa shape index (κ1) is 21.7. The molecule has 0 spiro atoms. The highest BCUT2D eigenvalue weighted by Gasteiger charge is 2.29. The molecule has 1 aromatic heterocycles. The van der Waals surface area contributed by atoms with Gasteiger partial charge in [0.15, 0.2) is 11.7 Å². The van der Waals surface area contributed by atoms with Crippen LogP contribution in [0.2, 0.25) is 0 Å². The van der Waals surface area contributed by atoms with Gasteiger partial charge in [-0.1, -0.05) is 30.0 Å². The zero-order chi connectivity index (χ0) is 22.7. The number of imide groups is 1. The van der Waals surface area contributed by atoms with Crippen LogP contribution in [0.5, 0.6) is 0 Å². The molecule has 1 N–H and O–H groups in total. The Labute approximate surface area is 185 Å². The molecule has 2 heterocycles. The number of nitrogens with one attached hydrogen (secondary N) is 1. The molecule has 1 aliphatic heterocycles. The molecular formula is C22H17F2N3O4S. The Morgan fingerprint density at radius 1 is 1.12 bits per heavy atom. The normalized spacial score (nSPS) is 13.6. The number of hydrogen-bond donors (Lipinski definition) is 1. The minimum Gasteiger partial charge on any atom is -0.441 e. The molecule has 10 heteroatoms. The minimum absolute atomic E-state index is 0.0417. The molecule has 3 amide bonds. The number of carbonyl (C=O) groups is 3. The second kappa shape index (κ2) is 9.31. The number of amides is 3. The summed E-state index contributed by atoms with van der Waals surface area (Å²) >= 11 is 0.980. The Bertz CT molecular complexity index is 1140. The average Bonchev–Trinajstić information content (AvgIpc) is 3.35. The summed E-state index contributed by atoms with van der Waals surface area (Å²) in [6, 6.07) is 10.3. The van der Waals surface area contributed by atoms with Gasteiger partial charge in [-0.25, -0.2) is 13.8 Å². The lowest BCUT2D eigenvalue weighted by molar-refractivity contribution is -0.125. The van der Waals surface area contributed by atoms with Crippen LogP contribution in [-0.4, -0.2) is 32.7 Å². The number of nitrogens with zero attached hydrogens (tertiary/aromatic N) is 2. The van der Waals surface area contributed by atoms with Crippen molar-refractivity contribution in [3.8, 4) is 11.3 Å². The fourth-order valence-corrected chi connectivity index (χ4v) is 3.85. The number of halogens is 2. The van der Waals surface area contributed by atoms with Crippen LogP contribution < -0.4 is 5.32 Å². The number of aryl methyl sites for hydroxylation is 1. The summed E-state index contributed by atoms with van der Waals surface area (Å²) in [5.41, 5.74) is 1.01. The maximum Gasteiger partial charge on any atom is 0.289 e. The lowest BCUT2D eigenvalue weighted by Gasteiger charge is -2.13. The summed E-state index contributed by atoms with van der Waals surface area (Å²) in [4.78, 5) is 40.7. The zero-order valence-corrected chi connectivity index (χ0v) is 17.5. The monoisotopic (exact) mass is 457 g/mol. The van der Waals surface area contributed by atoms with Crippen molar-refractivity contribution < 1.29 is 27.6 Å². The molecule has 0 saturated carbocycles. The van der Waals surface area contributed by atoms with E-state index in [1.165, 1.54) is 17.2 Å². The number of hydrogen-bond acceptors (Lipinski definition) is 6. The van der Waals surface area contributed by atoms with Crippen LogP contribution in [0.25, 0.3) is 11.3 Å². The van der Waals surface area contributed by atoms with E-state index in [0.29, 0.717) is 5.69 Å². The molecule has 1 fully saturated rings. The molecule has 0 aliphatic carbocycles. The highest BCUT2D eigenvalue weighted by atomic mass is 32.2. The van der Waals surface area contributed by atoms with Crippen molar-refractivity contribution in [3.05, 3.63) is 71.8 Å². The van der Waals surface area contributed by atoms with Crippen molar-refractivity contribution in [1.82, 2.24) is 9.88 Å². The molecule has 2 aromatic carbocycles. The van der Waals surface area contributed by atoms with Gasteiger partial charge in [-0.05, 0) is 29.8 Å². The predicted molar refractivity (Wildman–Crippen MR) is 114 cm³/mol. The van der Waals surface area contributed by atoms with Gasteiger partial charge in [0.2, 0.25) is 11.8 Å². The highest BCUT2D eigenvalue weighted by molar-refractivity contribution is 8.14. The van der Waals surface area contributed by atoms with Crippen LogP contribution in [0.3, 0.4) is 0 Å². The Balaban J connectivity index is 1.30. The van der Waals surface area contributed by atoms with E-state index in [0.717, 1.165) is 29.5 Å². The van der Waals surface area contributed by atoms with Gasteiger partial charge in [-0.2, -0.15) is 0 Å². The fraction of sp³-hybridized carbons (Fsp3) is 0.182. The number of anilines is 1. The van der Waals surface area contributed by atoms with E-state index in [4.69, 9.17) is 4.42 Å². The first-order valence-corrected chi connectivity index (χ1v) is 10.6. The van der Waals surface area contributed by atoms with Crippen molar-refractivity contribution in [2.75, 3.05) is 11.1 Å². The zero-order valence-electron chi connectivity index (χ0n) is 16.6. The number of benzene rings is 2. The van der Waals surface area contributed by atoms with Crippen LogP contribution in [0.4, 0.5) is 19.3 Å². The standard InChI is InChI=1S/C22H17F2N3O4S/c23-15-2-1-3-16(24)21(15)17-10-25-19(31-17)9-8-18(28)26-14-6-4-13(5-7-14)11-27-20(29)12-32-22(27)30/h1-7,10H,8-9,11-12H2,(H,26,28). The number of aromatic nitrogens is 1. The highest BCUT2D eigenvalue weighted by Crippen LogP contribution is 2.27. The van der Waals surface area contributed by atoms with E-state index in [1.807, 2.05) is 0 Å². The van der Waals surface area contributed by atoms with Crippen molar-refractivity contribution in [3.63, 3.8) is 0 Å². The van der Waals surface area contributed by atoms with Crippen molar-refractivity contribution in [1.29, 1.82) is 0 Å². The second-order valence-corrected chi connectivity index (χ2v) is 7.92. The van der Waals surface area contributed by atoms with Gasteiger partial charge in [0, 0.05) is 18.5 Å². The van der Waals surface area contributed by atoms with E-state index >= 15 is 0 Å². The number of thioether (sulfide) groups is 1. The van der Waals surface area contributed by atoms with Gasteiger partial charge in [0.25, 0.3) is 5.24 Å². The summed E-state index contributed by atoms with van der Waals surface area (Å²) in [6.07, 6.45) is 1.42. The minimum atomic E-state index is -0.758. The largest absolute Gasteiger partial charge is 0.441 e. The van der Waals surface area contributed by atoms with E-state index in [-0.39, 0.29) is 59.4 Å². The molecule has 0 bridgehead atoms. The molecule has 4 rings (SSSR count). The molecule has 164 valence electrons. The number of rotatable bonds is 7. The van der Waals surface area contributed by atoms with E-state index in [9.17, 15) is 23.2 Å². The van der Waals surface area contributed by atoms with E-state index < -0.39 is 11.6 Å². The molecule has 7 nitrogen and oxygen atoms in total. The third-order valence-corrected chi connectivity index (χ3v) is 5.61. The third kappa shape index (κ3) is 4.86. The molecule has 0 unspecified atom stereocenters. The lowest BCUT2D eigenvalue weighted by Crippen LogP contribution is -2.27. The molecule has 1 aliphatic rings. The van der Waals surface area contributed by atoms with Crippen LogP contribution in [-0.2, 0) is 22.6 Å². The number of oxazole rings is 1. The molecule has 32 heavy (non-hydrogen) atoms. The fourth-order valence-electron chi connectivity index (χ4n) is 3.13. The van der Waals surface area contributed by atoms with Gasteiger partial charge < -0.3 is 9.73 Å². The predicted octanol–water partition coefficient (Wildman–Crippen LogP) is 4.39. The second-order valence-electron chi connectivity index (χ2n) is 6.99. The van der Waals surface area contributed by atoms with Crippen molar-refractivity contribution >= 4 is 34.5 Å². The Morgan fingerprint density at radius 2 is 1.84 bits per heavy atom. The molecule has 0 atom stereocenters. The van der Waals surface area contributed by atoms with Gasteiger partial charge in [0.1, 0.15) is 11.6 Å². The summed E-state index contributed by atoms with van der Waals surface area (Å²) in [7, 11) is 0. The summed E-state index contributed by atoms with van der Waals surface area (Å²) in [5.74, 6) is -1.72. The smallest absolute Gasteiger partial charge is 0.289 e. The first-order valence-electron chi connectivity index (χ1n) is 9.65. The van der Waals surface area contributed by atoms with E-state index in [2.05, 4.69) is 10.3 Å². The van der Waals surface area contributed by atoms with Crippen molar-refractivity contribution in [2.24, 2.45) is 0 Å². The lowest BCUT2D eigenvalue weighted by atomic mass is 10.1.